The Morgan fingerprint density at radius 1 is 0.885 bits per heavy atom. The van der Waals surface area contributed by atoms with Gasteiger partial charge in [-0.15, -0.1) is 0 Å². The Morgan fingerprint density at radius 3 is 2.08 bits per heavy atom. The number of halogens is 1. The number of ether oxygens (including phenoxy) is 1. The fourth-order valence-corrected chi connectivity index (χ4v) is 2.77. The van der Waals surface area contributed by atoms with E-state index in [2.05, 4.69) is 5.32 Å². The van der Waals surface area contributed by atoms with E-state index in [1.165, 1.54) is 12.1 Å². The minimum absolute atomic E-state index is 0.0514. The zero-order valence-corrected chi connectivity index (χ0v) is 14.3. The second-order valence-corrected chi connectivity index (χ2v) is 5.92. The smallest absolute Gasteiger partial charge is 0.257 e. The monoisotopic (exact) mass is 349 g/mol. The highest BCUT2D eigenvalue weighted by molar-refractivity contribution is 5.77. The average Bonchev–Trinajstić information content (AvgIpc) is 2.68. The molecule has 0 aromatic heterocycles. The van der Waals surface area contributed by atoms with Crippen LogP contribution < -0.4 is 10.1 Å². The first-order valence-electron chi connectivity index (χ1n) is 8.47. The summed E-state index contributed by atoms with van der Waals surface area (Å²) in [5.74, 6) is -0.249. The van der Waals surface area contributed by atoms with E-state index in [0.29, 0.717) is 12.3 Å². The maximum Gasteiger partial charge on any atom is 0.257 e. The minimum atomic E-state index is -0.392. The first-order valence-corrected chi connectivity index (χ1v) is 8.47. The Bertz CT molecular complexity index is 798. The largest absolute Gasteiger partial charge is 0.484 e. The van der Waals surface area contributed by atoms with Gasteiger partial charge in [-0.05, 0) is 23.3 Å². The molecule has 26 heavy (non-hydrogen) atoms. The number of carbonyl (C=O) groups excluding carboxylic acids is 1. The average molecular weight is 349 g/mol. The van der Waals surface area contributed by atoms with Crippen molar-refractivity contribution >= 4 is 5.91 Å². The molecule has 3 aromatic rings. The lowest BCUT2D eigenvalue weighted by Gasteiger charge is -2.19. The van der Waals surface area contributed by atoms with Crippen LogP contribution in [0, 0.1) is 5.82 Å². The predicted molar refractivity (Wildman–Crippen MR) is 99.6 cm³/mol. The summed E-state index contributed by atoms with van der Waals surface area (Å²) in [4.78, 5) is 12.1. The van der Waals surface area contributed by atoms with Crippen LogP contribution in [0.25, 0.3) is 0 Å². The summed E-state index contributed by atoms with van der Waals surface area (Å²) < 4.78 is 18.5. The summed E-state index contributed by atoms with van der Waals surface area (Å²) in [6.45, 7) is 0.305. The summed E-state index contributed by atoms with van der Waals surface area (Å²) in [5.41, 5.74) is 2.26. The molecule has 1 N–H and O–H groups in total. The van der Waals surface area contributed by atoms with Crippen LogP contribution in [-0.4, -0.2) is 19.1 Å². The van der Waals surface area contributed by atoms with Crippen molar-refractivity contribution in [2.75, 3.05) is 13.2 Å². The molecule has 0 atom stereocenters. The molecule has 0 aliphatic carbocycles. The standard InChI is InChI=1S/C22H20FNO2/c23-19-12-7-13-20(14-19)26-16-22(25)24-15-21(17-8-3-1-4-9-17)18-10-5-2-6-11-18/h1-14,21H,15-16H2,(H,24,25). The first-order chi connectivity index (χ1) is 12.7. The highest BCUT2D eigenvalue weighted by atomic mass is 19.1. The van der Waals surface area contributed by atoms with Gasteiger partial charge in [-0.3, -0.25) is 4.79 Å². The van der Waals surface area contributed by atoms with Crippen molar-refractivity contribution in [1.29, 1.82) is 0 Å². The van der Waals surface area contributed by atoms with Crippen molar-refractivity contribution in [1.82, 2.24) is 5.32 Å². The van der Waals surface area contributed by atoms with Gasteiger partial charge in [0.05, 0.1) is 0 Å². The lowest BCUT2D eigenvalue weighted by Crippen LogP contribution is -2.32. The van der Waals surface area contributed by atoms with Crippen molar-refractivity contribution in [3.8, 4) is 5.75 Å². The fourth-order valence-electron chi connectivity index (χ4n) is 2.77. The van der Waals surface area contributed by atoms with Crippen LogP contribution in [0.5, 0.6) is 5.75 Å². The second-order valence-electron chi connectivity index (χ2n) is 5.92. The third-order valence-corrected chi connectivity index (χ3v) is 4.07. The Labute approximate surface area is 152 Å². The summed E-state index contributed by atoms with van der Waals surface area (Å²) >= 11 is 0. The van der Waals surface area contributed by atoms with Crippen LogP contribution >= 0.6 is 0 Å². The van der Waals surface area contributed by atoms with Crippen LogP contribution in [-0.2, 0) is 4.79 Å². The molecular formula is C22H20FNO2. The van der Waals surface area contributed by atoms with Gasteiger partial charge in [-0.1, -0.05) is 66.7 Å². The molecule has 0 spiro atoms. The summed E-state index contributed by atoms with van der Waals surface area (Å²) in [7, 11) is 0. The van der Waals surface area contributed by atoms with Crippen molar-refractivity contribution in [2.24, 2.45) is 0 Å². The van der Waals surface area contributed by atoms with E-state index in [1.807, 2.05) is 60.7 Å². The first kappa shape index (κ1) is 17.7. The Morgan fingerprint density at radius 2 is 1.50 bits per heavy atom. The molecule has 0 aliphatic rings. The van der Waals surface area contributed by atoms with Crippen molar-refractivity contribution < 1.29 is 13.9 Å². The fraction of sp³-hybridized carbons (Fsp3) is 0.136. The lowest BCUT2D eigenvalue weighted by atomic mass is 9.91. The number of rotatable bonds is 7. The van der Waals surface area contributed by atoms with Crippen LogP contribution in [0.1, 0.15) is 17.0 Å². The normalized spacial score (nSPS) is 10.5. The van der Waals surface area contributed by atoms with Gasteiger partial charge in [0.2, 0.25) is 0 Å². The molecule has 3 aromatic carbocycles. The van der Waals surface area contributed by atoms with E-state index in [0.717, 1.165) is 11.1 Å². The molecule has 3 rings (SSSR count). The molecule has 0 radical (unpaired) electrons. The van der Waals surface area contributed by atoms with Crippen LogP contribution in [0.15, 0.2) is 84.9 Å². The topological polar surface area (TPSA) is 38.3 Å². The molecule has 1 amide bonds. The molecule has 0 heterocycles. The van der Waals surface area contributed by atoms with E-state index in [-0.39, 0.29) is 18.4 Å². The van der Waals surface area contributed by atoms with Crippen molar-refractivity contribution in [3.63, 3.8) is 0 Å². The number of hydrogen-bond acceptors (Lipinski definition) is 2. The molecule has 0 aliphatic heterocycles. The van der Waals surface area contributed by atoms with E-state index in [1.54, 1.807) is 12.1 Å². The van der Waals surface area contributed by atoms with Gasteiger partial charge in [-0.2, -0.15) is 0 Å². The predicted octanol–water partition coefficient (Wildman–Crippen LogP) is 4.15. The SMILES string of the molecule is O=C(COc1cccc(F)c1)NCC(c1ccccc1)c1ccccc1. The highest BCUT2D eigenvalue weighted by Gasteiger charge is 2.15. The van der Waals surface area contributed by atoms with Gasteiger partial charge < -0.3 is 10.1 Å². The molecule has 0 bridgehead atoms. The molecule has 3 nitrogen and oxygen atoms in total. The molecule has 0 saturated heterocycles. The van der Waals surface area contributed by atoms with Crippen LogP contribution in [0.2, 0.25) is 0 Å². The maximum atomic E-state index is 13.1. The van der Waals surface area contributed by atoms with E-state index in [4.69, 9.17) is 4.74 Å². The maximum absolute atomic E-state index is 13.1. The Balaban J connectivity index is 1.61. The zero-order valence-electron chi connectivity index (χ0n) is 14.3. The van der Waals surface area contributed by atoms with Crippen LogP contribution in [0.4, 0.5) is 4.39 Å². The zero-order chi connectivity index (χ0) is 18.2. The van der Waals surface area contributed by atoms with Gasteiger partial charge in [0, 0.05) is 18.5 Å². The van der Waals surface area contributed by atoms with Crippen LogP contribution in [0.3, 0.4) is 0 Å². The van der Waals surface area contributed by atoms with Gasteiger partial charge in [0.25, 0.3) is 5.91 Å². The van der Waals surface area contributed by atoms with E-state index in [9.17, 15) is 9.18 Å². The number of benzene rings is 3. The Kier molecular flexibility index (Phi) is 5.99. The number of amides is 1. The van der Waals surface area contributed by atoms with Gasteiger partial charge >= 0.3 is 0 Å². The van der Waals surface area contributed by atoms with Gasteiger partial charge in [0.15, 0.2) is 6.61 Å². The molecular weight excluding hydrogens is 329 g/mol. The molecule has 0 saturated carbocycles. The minimum Gasteiger partial charge on any atom is -0.484 e. The molecule has 0 unspecified atom stereocenters. The quantitative estimate of drug-likeness (QED) is 0.696. The second kappa shape index (κ2) is 8.81. The van der Waals surface area contributed by atoms with Crippen molar-refractivity contribution in [3.05, 3.63) is 102 Å². The molecule has 4 heteroatoms. The van der Waals surface area contributed by atoms with Gasteiger partial charge in [0.1, 0.15) is 11.6 Å². The third kappa shape index (κ3) is 4.93. The van der Waals surface area contributed by atoms with Crippen molar-refractivity contribution in [2.45, 2.75) is 5.92 Å². The number of hydrogen-bond donors (Lipinski definition) is 1. The summed E-state index contributed by atoms with van der Waals surface area (Å²) in [5, 5.41) is 2.91. The summed E-state index contributed by atoms with van der Waals surface area (Å²) in [6.07, 6.45) is 0. The third-order valence-electron chi connectivity index (χ3n) is 4.07. The lowest BCUT2D eigenvalue weighted by molar-refractivity contribution is -0.123. The molecule has 0 fully saturated rings. The highest BCUT2D eigenvalue weighted by Crippen LogP contribution is 2.23. The van der Waals surface area contributed by atoms with Gasteiger partial charge in [-0.25, -0.2) is 4.39 Å². The number of carbonyl (C=O) groups is 1. The van der Waals surface area contributed by atoms with E-state index >= 15 is 0 Å². The van der Waals surface area contributed by atoms with E-state index < -0.39 is 5.82 Å². The Hall–Kier alpha value is -3.14. The molecule has 132 valence electrons. The summed E-state index contributed by atoms with van der Waals surface area (Å²) in [6, 6.07) is 25.8. The number of nitrogens with one attached hydrogen (secondary N) is 1.